The third-order valence-corrected chi connectivity index (χ3v) is 6.43. The van der Waals surface area contributed by atoms with Gasteiger partial charge in [0, 0.05) is 23.4 Å². The second-order valence-corrected chi connectivity index (χ2v) is 8.54. The van der Waals surface area contributed by atoms with Gasteiger partial charge in [0.2, 0.25) is 0 Å². The van der Waals surface area contributed by atoms with Crippen molar-refractivity contribution in [3.05, 3.63) is 98.6 Å². The van der Waals surface area contributed by atoms with Crippen LogP contribution in [0.25, 0.3) is 5.76 Å². The fourth-order valence-electron chi connectivity index (χ4n) is 4.42. The molecule has 1 aliphatic heterocycles. The molecule has 1 aliphatic rings. The Kier molecular flexibility index (Phi) is 6.97. The Hall–Kier alpha value is -4.66. The van der Waals surface area contributed by atoms with E-state index >= 15 is 0 Å². The third-order valence-electron chi connectivity index (χ3n) is 6.43. The first-order valence-electron chi connectivity index (χ1n) is 11.6. The van der Waals surface area contributed by atoms with Gasteiger partial charge in [0.25, 0.3) is 17.4 Å². The molecule has 0 aliphatic carbocycles. The normalized spacial score (nSPS) is 16.6. The van der Waals surface area contributed by atoms with Crippen molar-refractivity contribution in [2.24, 2.45) is 0 Å². The third kappa shape index (κ3) is 4.51. The SMILES string of the molecule is CCOc1cc(C2/C(=C(\O)c3ccc([N+](=O)[O-])cc3)C(=O)C(=O)N2c2cccc(C)c2C)ccc1OC. The number of hydrogen-bond donors (Lipinski definition) is 1. The molecule has 3 aromatic carbocycles. The number of hydrogen-bond acceptors (Lipinski definition) is 7. The van der Waals surface area contributed by atoms with Crippen LogP contribution in [-0.2, 0) is 9.59 Å². The molecule has 1 saturated heterocycles. The number of Topliss-reactive ketones (excluding diaryl/α,β-unsaturated/α-hetero) is 1. The molecule has 0 radical (unpaired) electrons. The van der Waals surface area contributed by atoms with E-state index in [2.05, 4.69) is 0 Å². The zero-order valence-corrected chi connectivity index (χ0v) is 20.8. The number of benzene rings is 3. The first-order valence-corrected chi connectivity index (χ1v) is 11.6. The molecule has 190 valence electrons. The lowest BCUT2D eigenvalue weighted by Gasteiger charge is -2.28. The average Bonchev–Trinajstić information content (AvgIpc) is 3.15. The van der Waals surface area contributed by atoms with Crippen LogP contribution in [-0.4, -0.2) is 35.4 Å². The number of nitro groups is 1. The molecule has 0 spiro atoms. The molecule has 1 N–H and O–H groups in total. The summed E-state index contributed by atoms with van der Waals surface area (Å²) in [6.07, 6.45) is 0. The highest BCUT2D eigenvalue weighted by Gasteiger charge is 2.47. The van der Waals surface area contributed by atoms with Crippen molar-refractivity contribution in [2.45, 2.75) is 26.8 Å². The summed E-state index contributed by atoms with van der Waals surface area (Å²) >= 11 is 0. The summed E-state index contributed by atoms with van der Waals surface area (Å²) in [6, 6.07) is 14.7. The standard InChI is InChI=1S/C28H26N2O7/c1-5-37-23-15-19(11-14-22(23)36-4)25-24(26(31)18-9-12-20(13-10-18)30(34)35)27(32)28(33)29(25)21-8-6-7-16(2)17(21)3/h6-15,25,31H,5H2,1-4H3/b26-24+. The predicted octanol–water partition coefficient (Wildman–Crippen LogP) is 5.25. The number of ketones is 1. The van der Waals surface area contributed by atoms with Crippen LogP contribution in [0.1, 0.15) is 35.2 Å². The van der Waals surface area contributed by atoms with E-state index in [9.17, 15) is 24.8 Å². The topological polar surface area (TPSA) is 119 Å². The zero-order valence-electron chi connectivity index (χ0n) is 20.8. The van der Waals surface area contributed by atoms with Gasteiger partial charge in [-0.05, 0) is 67.8 Å². The predicted molar refractivity (Wildman–Crippen MR) is 138 cm³/mol. The molecule has 0 aromatic heterocycles. The van der Waals surface area contributed by atoms with Gasteiger partial charge in [-0.25, -0.2) is 0 Å². The minimum atomic E-state index is -0.985. The Morgan fingerprint density at radius 3 is 2.38 bits per heavy atom. The Bertz CT molecular complexity index is 1430. The van der Waals surface area contributed by atoms with Gasteiger partial charge < -0.3 is 14.6 Å². The number of methoxy groups -OCH3 is 1. The Morgan fingerprint density at radius 2 is 1.76 bits per heavy atom. The average molecular weight is 503 g/mol. The number of carbonyl (C=O) groups excluding carboxylic acids is 2. The molecule has 1 atom stereocenters. The number of nitrogens with zero attached hydrogens (tertiary/aromatic N) is 2. The molecule has 3 aromatic rings. The molecule has 1 heterocycles. The summed E-state index contributed by atoms with van der Waals surface area (Å²) in [5, 5.41) is 22.4. The number of aryl methyl sites for hydroxylation is 1. The first-order chi connectivity index (χ1) is 17.7. The Morgan fingerprint density at radius 1 is 1.05 bits per heavy atom. The van der Waals surface area contributed by atoms with E-state index in [1.807, 2.05) is 26.8 Å². The summed E-state index contributed by atoms with van der Waals surface area (Å²) in [6.45, 7) is 5.95. The number of non-ortho nitro benzene ring substituents is 1. The minimum absolute atomic E-state index is 0.132. The largest absolute Gasteiger partial charge is 0.507 e. The number of rotatable bonds is 7. The maximum Gasteiger partial charge on any atom is 0.300 e. The van der Waals surface area contributed by atoms with Gasteiger partial charge in [0.15, 0.2) is 11.5 Å². The maximum absolute atomic E-state index is 13.5. The van der Waals surface area contributed by atoms with Gasteiger partial charge in [-0.3, -0.25) is 24.6 Å². The highest BCUT2D eigenvalue weighted by Crippen LogP contribution is 2.45. The van der Waals surface area contributed by atoms with Gasteiger partial charge in [-0.15, -0.1) is 0 Å². The fraction of sp³-hybridized carbons (Fsp3) is 0.214. The summed E-state index contributed by atoms with van der Waals surface area (Å²) in [5.41, 5.74) is 2.67. The molecule has 0 saturated carbocycles. The Labute approximate surface area is 213 Å². The van der Waals surface area contributed by atoms with Crippen molar-refractivity contribution in [1.82, 2.24) is 0 Å². The van der Waals surface area contributed by atoms with Crippen LogP contribution in [0.5, 0.6) is 11.5 Å². The number of aliphatic hydroxyl groups is 1. The van der Waals surface area contributed by atoms with Gasteiger partial charge >= 0.3 is 0 Å². The second kappa shape index (κ2) is 10.1. The first kappa shape index (κ1) is 25.4. The summed E-state index contributed by atoms with van der Waals surface area (Å²) in [5.74, 6) is -1.19. The smallest absolute Gasteiger partial charge is 0.300 e. The van der Waals surface area contributed by atoms with Crippen LogP contribution in [0.3, 0.4) is 0 Å². The molecular weight excluding hydrogens is 476 g/mol. The van der Waals surface area contributed by atoms with E-state index in [0.29, 0.717) is 29.4 Å². The van der Waals surface area contributed by atoms with Crippen LogP contribution in [0.2, 0.25) is 0 Å². The maximum atomic E-state index is 13.5. The number of ether oxygens (including phenoxy) is 2. The van der Waals surface area contributed by atoms with E-state index in [1.54, 1.807) is 30.3 Å². The highest BCUT2D eigenvalue weighted by molar-refractivity contribution is 6.51. The van der Waals surface area contributed by atoms with Gasteiger partial charge in [0.1, 0.15) is 5.76 Å². The lowest BCUT2D eigenvalue weighted by molar-refractivity contribution is -0.384. The molecular formula is C28H26N2O7. The number of amides is 1. The van der Waals surface area contributed by atoms with E-state index in [4.69, 9.17) is 9.47 Å². The number of anilines is 1. The minimum Gasteiger partial charge on any atom is -0.507 e. The van der Waals surface area contributed by atoms with Crippen molar-refractivity contribution in [3.63, 3.8) is 0 Å². The number of aliphatic hydroxyl groups excluding tert-OH is 1. The summed E-state index contributed by atoms with van der Waals surface area (Å²) in [4.78, 5) is 38.8. The number of carbonyl (C=O) groups is 2. The quantitative estimate of drug-likeness (QED) is 0.154. The van der Waals surface area contributed by atoms with Crippen LogP contribution in [0.15, 0.2) is 66.2 Å². The van der Waals surface area contributed by atoms with Gasteiger partial charge in [-0.1, -0.05) is 18.2 Å². The number of nitro benzene ring substituents is 1. The zero-order chi connectivity index (χ0) is 26.9. The highest BCUT2D eigenvalue weighted by atomic mass is 16.6. The van der Waals surface area contributed by atoms with E-state index < -0.39 is 28.4 Å². The van der Waals surface area contributed by atoms with Gasteiger partial charge in [0.05, 0.1) is 30.3 Å². The van der Waals surface area contributed by atoms with Crippen molar-refractivity contribution >= 4 is 28.8 Å². The molecule has 1 fully saturated rings. The monoisotopic (exact) mass is 502 g/mol. The molecule has 1 amide bonds. The van der Waals surface area contributed by atoms with Crippen molar-refractivity contribution in [1.29, 1.82) is 0 Å². The van der Waals surface area contributed by atoms with E-state index in [0.717, 1.165) is 11.1 Å². The van der Waals surface area contributed by atoms with Crippen LogP contribution >= 0.6 is 0 Å². The molecule has 1 unspecified atom stereocenters. The van der Waals surface area contributed by atoms with Crippen LogP contribution in [0.4, 0.5) is 11.4 Å². The van der Waals surface area contributed by atoms with E-state index in [-0.39, 0.29) is 16.8 Å². The van der Waals surface area contributed by atoms with Crippen molar-refractivity contribution in [3.8, 4) is 11.5 Å². The summed E-state index contributed by atoms with van der Waals surface area (Å²) < 4.78 is 11.1. The van der Waals surface area contributed by atoms with Crippen molar-refractivity contribution < 1.29 is 29.1 Å². The Balaban J connectivity index is 1.98. The fourth-order valence-corrected chi connectivity index (χ4v) is 4.42. The molecule has 37 heavy (non-hydrogen) atoms. The van der Waals surface area contributed by atoms with Crippen LogP contribution in [0, 0.1) is 24.0 Å². The van der Waals surface area contributed by atoms with Crippen molar-refractivity contribution in [2.75, 3.05) is 18.6 Å². The molecule has 4 rings (SSSR count). The molecule has 9 nitrogen and oxygen atoms in total. The lowest BCUT2D eigenvalue weighted by Crippen LogP contribution is -2.30. The van der Waals surface area contributed by atoms with Crippen LogP contribution < -0.4 is 14.4 Å². The van der Waals surface area contributed by atoms with Gasteiger partial charge in [-0.2, -0.15) is 0 Å². The van der Waals surface area contributed by atoms with E-state index in [1.165, 1.54) is 36.3 Å². The lowest BCUT2D eigenvalue weighted by atomic mass is 9.94. The molecule has 9 heteroatoms. The second-order valence-electron chi connectivity index (χ2n) is 8.54. The molecule has 0 bridgehead atoms. The summed E-state index contributed by atoms with van der Waals surface area (Å²) in [7, 11) is 1.51.